The van der Waals surface area contributed by atoms with E-state index >= 15 is 0 Å². The van der Waals surface area contributed by atoms with Gasteiger partial charge in [-0.15, -0.1) is 0 Å². The van der Waals surface area contributed by atoms with Crippen molar-refractivity contribution in [3.63, 3.8) is 0 Å². The molecule has 0 bridgehead atoms. The number of hydrogen-bond donors (Lipinski definition) is 1. The van der Waals surface area contributed by atoms with Crippen LogP contribution in [0.1, 0.15) is 119 Å². The highest BCUT2D eigenvalue weighted by Gasteiger charge is 2.61. The molecule has 2 amide bonds. The lowest BCUT2D eigenvalue weighted by Gasteiger charge is -2.53. The van der Waals surface area contributed by atoms with Crippen LogP contribution in [-0.4, -0.2) is 54.1 Å². The van der Waals surface area contributed by atoms with Gasteiger partial charge in [-0.25, -0.2) is 0 Å². The third-order valence-electron chi connectivity index (χ3n) is 10.6. The van der Waals surface area contributed by atoms with E-state index in [1.54, 1.807) is 0 Å². The van der Waals surface area contributed by atoms with Crippen molar-refractivity contribution in [1.82, 2.24) is 10.2 Å². The molecular formula is C30H51BN2O4. The molecule has 208 valence electrons. The van der Waals surface area contributed by atoms with E-state index in [0.717, 1.165) is 57.8 Å². The van der Waals surface area contributed by atoms with Crippen molar-refractivity contribution in [1.29, 1.82) is 0 Å². The molecule has 6 nitrogen and oxygen atoms in total. The first-order chi connectivity index (χ1) is 17.5. The minimum atomic E-state index is -0.444. The fourth-order valence-electron chi connectivity index (χ4n) is 7.16. The highest BCUT2D eigenvalue weighted by Crippen LogP contribution is 2.54. The second-order valence-electron chi connectivity index (χ2n) is 13.2. The number of hydrogen-bond acceptors (Lipinski definition) is 4. The van der Waals surface area contributed by atoms with Crippen LogP contribution in [0.4, 0.5) is 0 Å². The van der Waals surface area contributed by atoms with Gasteiger partial charge in [-0.05, 0) is 82.5 Å². The Morgan fingerprint density at radius 1 is 1.00 bits per heavy atom. The monoisotopic (exact) mass is 514 g/mol. The van der Waals surface area contributed by atoms with Crippen LogP contribution < -0.4 is 5.32 Å². The summed E-state index contributed by atoms with van der Waals surface area (Å²) in [5.74, 6) is 0.753. The van der Waals surface area contributed by atoms with Crippen molar-refractivity contribution in [2.45, 2.75) is 142 Å². The fraction of sp³-hybridized carbons (Fsp3) is 0.867. The van der Waals surface area contributed by atoms with Crippen LogP contribution in [0.2, 0.25) is 0 Å². The number of amides is 2. The van der Waals surface area contributed by atoms with Crippen LogP contribution in [0.25, 0.3) is 0 Å². The summed E-state index contributed by atoms with van der Waals surface area (Å²) in [7, 11) is -0.444. The van der Waals surface area contributed by atoms with Crippen molar-refractivity contribution < 1.29 is 18.9 Å². The predicted molar refractivity (Wildman–Crippen MR) is 149 cm³/mol. The molecular weight excluding hydrogens is 463 g/mol. The zero-order valence-corrected chi connectivity index (χ0v) is 24.3. The van der Waals surface area contributed by atoms with Crippen LogP contribution in [-0.2, 0) is 18.9 Å². The first-order valence-corrected chi connectivity index (χ1v) is 15.1. The van der Waals surface area contributed by atoms with E-state index < -0.39 is 7.12 Å². The molecule has 6 atom stereocenters. The third kappa shape index (κ3) is 6.13. The molecule has 1 saturated carbocycles. The van der Waals surface area contributed by atoms with Crippen LogP contribution in [0.3, 0.4) is 0 Å². The average Bonchev–Trinajstić information content (AvgIpc) is 3.47. The molecule has 0 spiro atoms. The normalized spacial score (nSPS) is 39.8. The molecule has 3 fully saturated rings. The van der Waals surface area contributed by atoms with Gasteiger partial charge in [0.05, 0.1) is 17.6 Å². The fourth-order valence-corrected chi connectivity index (χ4v) is 7.16. The molecule has 7 heteroatoms. The third-order valence-corrected chi connectivity index (χ3v) is 10.6. The number of carbonyl (C=O) groups excluding carboxylic acids is 2. The Morgan fingerprint density at radius 2 is 1.76 bits per heavy atom. The molecule has 4 aliphatic rings. The van der Waals surface area contributed by atoms with Crippen LogP contribution in [0, 0.1) is 17.3 Å². The first kappa shape index (κ1) is 28.7. The minimum Gasteiger partial charge on any atom is -0.404 e. The van der Waals surface area contributed by atoms with Gasteiger partial charge in [0.15, 0.2) is 0 Å². The second kappa shape index (κ2) is 11.8. The van der Waals surface area contributed by atoms with E-state index in [4.69, 9.17) is 9.31 Å². The molecule has 37 heavy (non-hydrogen) atoms. The predicted octanol–water partition coefficient (Wildman–Crippen LogP) is 5.84. The van der Waals surface area contributed by atoms with Gasteiger partial charge in [-0.2, -0.15) is 0 Å². The van der Waals surface area contributed by atoms with Gasteiger partial charge < -0.3 is 19.5 Å². The zero-order chi connectivity index (χ0) is 26.8. The van der Waals surface area contributed by atoms with E-state index in [-0.39, 0.29) is 40.9 Å². The van der Waals surface area contributed by atoms with Crippen molar-refractivity contribution >= 4 is 18.9 Å². The van der Waals surface area contributed by atoms with Gasteiger partial charge in [0.1, 0.15) is 6.04 Å². The van der Waals surface area contributed by atoms with E-state index in [1.807, 2.05) is 4.90 Å². The Kier molecular flexibility index (Phi) is 9.15. The Balaban J connectivity index is 1.51. The van der Waals surface area contributed by atoms with Crippen molar-refractivity contribution in [3.8, 4) is 0 Å². The van der Waals surface area contributed by atoms with Crippen LogP contribution in [0.15, 0.2) is 11.6 Å². The Labute approximate surface area is 225 Å². The SMILES string of the molecule is C/C1=C\CCCCCC[C@@H](B2O[C@@H]3C[C@H](C)C(C)(C)[C@H](C)[C@]3(C)O2)NC(=O)[C@@H]2CCCN2C(=O)CCC1. The molecule has 0 aromatic rings. The smallest absolute Gasteiger partial charge is 0.404 e. The largest absolute Gasteiger partial charge is 0.481 e. The summed E-state index contributed by atoms with van der Waals surface area (Å²) in [5.41, 5.74) is 1.17. The van der Waals surface area contributed by atoms with Crippen molar-refractivity contribution in [3.05, 3.63) is 11.6 Å². The molecule has 3 heterocycles. The topological polar surface area (TPSA) is 67.9 Å². The van der Waals surface area contributed by atoms with Crippen LogP contribution >= 0.6 is 0 Å². The quantitative estimate of drug-likeness (QED) is 0.353. The van der Waals surface area contributed by atoms with Gasteiger partial charge >= 0.3 is 7.12 Å². The molecule has 0 aromatic heterocycles. The van der Waals surface area contributed by atoms with E-state index in [1.165, 1.54) is 18.4 Å². The summed E-state index contributed by atoms with van der Waals surface area (Å²) in [6.45, 7) is 14.4. The maximum absolute atomic E-state index is 13.6. The van der Waals surface area contributed by atoms with E-state index in [9.17, 15) is 9.59 Å². The van der Waals surface area contributed by atoms with Crippen molar-refractivity contribution in [2.24, 2.45) is 17.3 Å². The number of rotatable bonds is 1. The maximum atomic E-state index is 13.6. The minimum absolute atomic E-state index is 0.0368. The molecule has 4 rings (SSSR count). The second-order valence-corrected chi connectivity index (χ2v) is 13.2. The highest BCUT2D eigenvalue weighted by atomic mass is 16.7. The highest BCUT2D eigenvalue weighted by molar-refractivity contribution is 6.47. The Hall–Kier alpha value is -1.34. The Morgan fingerprint density at radius 3 is 2.54 bits per heavy atom. The lowest BCUT2D eigenvalue weighted by molar-refractivity contribution is -0.138. The number of allylic oxidation sites excluding steroid dienone is 2. The summed E-state index contributed by atoms with van der Waals surface area (Å²) < 4.78 is 13.4. The molecule has 2 saturated heterocycles. The average molecular weight is 515 g/mol. The molecule has 1 aliphatic carbocycles. The maximum Gasteiger partial charge on any atom is 0.481 e. The van der Waals surface area contributed by atoms with E-state index in [2.05, 4.69) is 52.9 Å². The molecule has 3 aliphatic heterocycles. The number of fused-ring (bicyclic) bond motifs is 2. The Bertz CT molecular complexity index is 861. The first-order valence-electron chi connectivity index (χ1n) is 15.1. The lowest BCUT2D eigenvalue weighted by atomic mass is 9.57. The molecule has 1 N–H and O–H groups in total. The standard InChI is InChI=1S/C30H51BN2O4/c1-21-14-10-8-7-9-11-17-26(32-28(35)24-16-13-19-33(24)27(34)18-12-15-21)31-36-25-20-22(2)29(4,5)23(3)30(25,6)37-31/h14,22-26H,7-13,15-20H2,1-6H3,(H,32,35)/b21-14+/t22-,23-,24-,25+,26-,30-/m0/s1. The van der Waals surface area contributed by atoms with Gasteiger partial charge in [0.25, 0.3) is 0 Å². The zero-order valence-electron chi connectivity index (χ0n) is 24.3. The summed E-state index contributed by atoms with van der Waals surface area (Å²) in [4.78, 5) is 28.5. The molecule has 0 radical (unpaired) electrons. The number of nitrogens with zero attached hydrogens (tertiary/aromatic N) is 1. The van der Waals surface area contributed by atoms with Gasteiger partial charge in [-0.1, -0.05) is 58.6 Å². The summed E-state index contributed by atoms with van der Waals surface area (Å²) >= 11 is 0. The number of carbonyl (C=O) groups is 2. The molecule has 0 aromatic carbocycles. The number of nitrogens with one attached hydrogen (secondary N) is 1. The van der Waals surface area contributed by atoms with Crippen LogP contribution in [0.5, 0.6) is 0 Å². The summed E-state index contributed by atoms with van der Waals surface area (Å²) in [6, 6.07) is -0.375. The van der Waals surface area contributed by atoms with Gasteiger partial charge in [0, 0.05) is 13.0 Å². The van der Waals surface area contributed by atoms with Gasteiger partial charge in [0.2, 0.25) is 11.8 Å². The molecule has 0 unspecified atom stereocenters. The van der Waals surface area contributed by atoms with Crippen molar-refractivity contribution in [2.75, 3.05) is 6.54 Å². The summed E-state index contributed by atoms with van der Waals surface area (Å²) in [5, 5.41) is 3.33. The lowest BCUT2D eigenvalue weighted by Crippen LogP contribution is -2.56. The van der Waals surface area contributed by atoms with Gasteiger partial charge in [-0.3, -0.25) is 9.59 Å². The summed E-state index contributed by atoms with van der Waals surface area (Å²) in [6.07, 6.45) is 13.8. The van der Waals surface area contributed by atoms with E-state index in [0.29, 0.717) is 24.8 Å².